The van der Waals surface area contributed by atoms with Gasteiger partial charge in [-0.2, -0.15) is 0 Å². The van der Waals surface area contributed by atoms with Crippen LogP contribution in [0.5, 0.6) is 0 Å². The molecule has 0 aromatic rings. The zero-order chi connectivity index (χ0) is 12.7. The second-order valence-corrected chi connectivity index (χ2v) is 6.88. The molecule has 0 radical (unpaired) electrons. The first-order valence-corrected chi connectivity index (χ1v) is 8.01. The van der Waals surface area contributed by atoms with Gasteiger partial charge < -0.3 is 5.32 Å². The van der Waals surface area contributed by atoms with E-state index in [4.69, 9.17) is 0 Å². The lowest BCUT2D eigenvalue weighted by atomic mass is 10.2. The predicted molar refractivity (Wildman–Crippen MR) is 67.9 cm³/mol. The monoisotopic (exact) mass is 262 g/mol. The summed E-state index contributed by atoms with van der Waals surface area (Å²) in [4.78, 5) is 13.7. The Bertz CT molecular complexity index is 335. The van der Waals surface area contributed by atoms with Gasteiger partial charge in [0.15, 0.2) is 0 Å². The molecule has 6 heteroatoms. The van der Waals surface area contributed by atoms with E-state index >= 15 is 0 Å². The average Bonchev–Trinajstić information content (AvgIpc) is 2.30. The van der Waals surface area contributed by atoms with Crippen LogP contribution in [0.2, 0.25) is 0 Å². The second kappa shape index (κ2) is 7.08. The van der Waals surface area contributed by atoms with E-state index in [0.717, 1.165) is 26.2 Å². The van der Waals surface area contributed by atoms with Gasteiger partial charge in [0.1, 0.15) is 15.6 Å². The summed E-state index contributed by atoms with van der Waals surface area (Å²) < 4.78 is 22.5. The predicted octanol–water partition coefficient (Wildman–Crippen LogP) is -0.324. The molecule has 1 fully saturated rings. The van der Waals surface area contributed by atoms with Gasteiger partial charge in [0, 0.05) is 38.4 Å². The van der Waals surface area contributed by atoms with Gasteiger partial charge in [-0.25, -0.2) is 8.42 Å². The first-order valence-electron chi connectivity index (χ1n) is 6.18. The SMILES string of the molecule is CCS(=O)(=O)CCCC(=O)CN1CCNCC1. The Kier molecular flexibility index (Phi) is 6.08. The lowest BCUT2D eigenvalue weighted by molar-refractivity contribution is -0.120. The zero-order valence-corrected chi connectivity index (χ0v) is 11.3. The number of carbonyl (C=O) groups is 1. The van der Waals surface area contributed by atoms with E-state index in [0.29, 0.717) is 19.4 Å². The molecule has 1 N–H and O–H groups in total. The maximum Gasteiger partial charge on any atom is 0.150 e. The largest absolute Gasteiger partial charge is 0.314 e. The molecule has 0 bridgehead atoms. The number of piperazine rings is 1. The number of ketones is 1. The van der Waals surface area contributed by atoms with Crippen LogP contribution in [0.1, 0.15) is 19.8 Å². The van der Waals surface area contributed by atoms with E-state index in [9.17, 15) is 13.2 Å². The first kappa shape index (κ1) is 14.6. The van der Waals surface area contributed by atoms with Crippen molar-refractivity contribution in [3.8, 4) is 0 Å². The topological polar surface area (TPSA) is 66.5 Å². The molecule has 0 unspecified atom stereocenters. The highest BCUT2D eigenvalue weighted by Gasteiger charge is 2.14. The van der Waals surface area contributed by atoms with Crippen molar-refractivity contribution in [3.63, 3.8) is 0 Å². The molecule has 1 heterocycles. The van der Waals surface area contributed by atoms with Crippen molar-refractivity contribution in [2.24, 2.45) is 0 Å². The molecule has 1 aliphatic rings. The standard InChI is InChI=1S/C11H22N2O3S/c1-2-17(15,16)9-3-4-11(14)10-13-7-5-12-6-8-13/h12H,2-10H2,1H3. The molecule has 1 rings (SSSR count). The molecule has 0 aromatic heterocycles. The minimum Gasteiger partial charge on any atom is -0.314 e. The van der Waals surface area contributed by atoms with Gasteiger partial charge in [-0.05, 0) is 6.42 Å². The van der Waals surface area contributed by atoms with Gasteiger partial charge in [-0.15, -0.1) is 0 Å². The molecule has 0 atom stereocenters. The van der Waals surface area contributed by atoms with Gasteiger partial charge >= 0.3 is 0 Å². The molecule has 1 saturated heterocycles. The molecule has 0 aliphatic carbocycles. The summed E-state index contributed by atoms with van der Waals surface area (Å²) in [6.07, 6.45) is 0.838. The minimum atomic E-state index is -2.92. The number of carbonyl (C=O) groups excluding carboxylic acids is 1. The highest BCUT2D eigenvalue weighted by atomic mass is 32.2. The van der Waals surface area contributed by atoms with Crippen LogP contribution in [-0.4, -0.2) is 63.3 Å². The molecule has 0 spiro atoms. The number of hydrogen-bond acceptors (Lipinski definition) is 5. The van der Waals surface area contributed by atoms with Gasteiger partial charge in [0.25, 0.3) is 0 Å². The number of sulfone groups is 1. The Morgan fingerprint density at radius 1 is 1.29 bits per heavy atom. The lowest BCUT2D eigenvalue weighted by Gasteiger charge is -2.26. The molecule has 1 aliphatic heterocycles. The third-order valence-corrected chi connectivity index (χ3v) is 4.75. The van der Waals surface area contributed by atoms with Crippen molar-refractivity contribution in [2.45, 2.75) is 19.8 Å². The fourth-order valence-corrected chi connectivity index (χ4v) is 2.70. The molecule has 5 nitrogen and oxygen atoms in total. The van der Waals surface area contributed by atoms with Crippen molar-refractivity contribution in [3.05, 3.63) is 0 Å². The summed E-state index contributed by atoms with van der Waals surface area (Å²) in [6.45, 7) is 5.76. The fraction of sp³-hybridized carbons (Fsp3) is 0.909. The number of nitrogens with zero attached hydrogens (tertiary/aromatic N) is 1. The van der Waals surface area contributed by atoms with Crippen molar-refractivity contribution in [2.75, 3.05) is 44.2 Å². The van der Waals surface area contributed by atoms with Crippen LogP contribution in [-0.2, 0) is 14.6 Å². The smallest absolute Gasteiger partial charge is 0.150 e. The van der Waals surface area contributed by atoms with Crippen molar-refractivity contribution in [1.29, 1.82) is 0 Å². The molecule has 0 saturated carbocycles. The normalized spacial score (nSPS) is 18.2. The summed E-state index contributed by atoms with van der Waals surface area (Å²) in [5, 5.41) is 3.23. The fourth-order valence-electron chi connectivity index (χ4n) is 1.83. The number of hydrogen-bond donors (Lipinski definition) is 1. The van der Waals surface area contributed by atoms with Crippen LogP contribution in [0.25, 0.3) is 0 Å². The molecule has 0 amide bonds. The van der Waals surface area contributed by atoms with Crippen LogP contribution in [0.3, 0.4) is 0 Å². The molecular formula is C11H22N2O3S. The lowest BCUT2D eigenvalue weighted by Crippen LogP contribution is -2.45. The van der Waals surface area contributed by atoms with Crippen LogP contribution in [0, 0.1) is 0 Å². The maximum atomic E-state index is 11.6. The van der Waals surface area contributed by atoms with Crippen molar-refractivity contribution >= 4 is 15.6 Å². The van der Waals surface area contributed by atoms with Crippen LogP contribution < -0.4 is 5.32 Å². The maximum absolute atomic E-state index is 11.6. The number of rotatable bonds is 7. The van der Waals surface area contributed by atoms with Crippen LogP contribution in [0.4, 0.5) is 0 Å². The Labute approximate surface area is 103 Å². The second-order valence-electron chi connectivity index (χ2n) is 4.40. The van der Waals surface area contributed by atoms with Gasteiger partial charge in [0.05, 0.1) is 12.3 Å². The van der Waals surface area contributed by atoms with Crippen molar-refractivity contribution in [1.82, 2.24) is 10.2 Å². The zero-order valence-electron chi connectivity index (χ0n) is 10.4. The number of Topliss-reactive ketones (excluding diaryl/α,β-unsaturated/α-hetero) is 1. The Morgan fingerprint density at radius 2 is 1.94 bits per heavy atom. The van der Waals surface area contributed by atoms with E-state index in [2.05, 4.69) is 10.2 Å². The number of nitrogens with one attached hydrogen (secondary N) is 1. The van der Waals surface area contributed by atoms with E-state index in [1.54, 1.807) is 6.92 Å². The van der Waals surface area contributed by atoms with Gasteiger partial charge in [0.2, 0.25) is 0 Å². The summed E-state index contributed by atoms with van der Waals surface area (Å²) >= 11 is 0. The molecular weight excluding hydrogens is 240 g/mol. The average molecular weight is 262 g/mol. The molecule has 100 valence electrons. The quantitative estimate of drug-likeness (QED) is 0.681. The highest BCUT2D eigenvalue weighted by Crippen LogP contribution is 2.00. The summed E-state index contributed by atoms with van der Waals surface area (Å²) in [6, 6.07) is 0. The van der Waals surface area contributed by atoms with Gasteiger partial charge in [-0.3, -0.25) is 9.69 Å². The third-order valence-electron chi connectivity index (χ3n) is 2.96. The summed E-state index contributed by atoms with van der Waals surface area (Å²) in [5.74, 6) is 0.452. The highest BCUT2D eigenvalue weighted by molar-refractivity contribution is 7.91. The van der Waals surface area contributed by atoms with Gasteiger partial charge in [-0.1, -0.05) is 6.92 Å². The Balaban J connectivity index is 2.16. The van der Waals surface area contributed by atoms with E-state index in [1.165, 1.54) is 0 Å². The molecule has 0 aromatic carbocycles. The van der Waals surface area contributed by atoms with Crippen LogP contribution in [0.15, 0.2) is 0 Å². The van der Waals surface area contributed by atoms with E-state index in [-0.39, 0.29) is 17.3 Å². The van der Waals surface area contributed by atoms with Crippen LogP contribution >= 0.6 is 0 Å². The first-order chi connectivity index (χ1) is 8.03. The minimum absolute atomic E-state index is 0.136. The van der Waals surface area contributed by atoms with E-state index in [1.807, 2.05) is 0 Å². The summed E-state index contributed by atoms with van der Waals surface area (Å²) in [5.41, 5.74) is 0. The molecule has 17 heavy (non-hydrogen) atoms. The Hall–Kier alpha value is -0.460. The van der Waals surface area contributed by atoms with E-state index < -0.39 is 9.84 Å². The summed E-state index contributed by atoms with van der Waals surface area (Å²) in [7, 11) is -2.92. The van der Waals surface area contributed by atoms with Crippen molar-refractivity contribution < 1.29 is 13.2 Å². The Morgan fingerprint density at radius 3 is 2.53 bits per heavy atom. The third kappa shape index (κ3) is 6.14.